The summed E-state index contributed by atoms with van der Waals surface area (Å²) in [7, 11) is 1.61. The molecule has 8 heteroatoms. The van der Waals surface area contributed by atoms with Gasteiger partial charge in [0.05, 0.1) is 17.2 Å². The minimum absolute atomic E-state index is 0.285. The van der Waals surface area contributed by atoms with E-state index in [1.165, 1.54) is 0 Å². The predicted octanol–water partition coefficient (Wildman–Crippen LogP) is 3.86. The Labute approximate surface area is 180 Å². The summed E-state index contributed by atoms with van der Waals surface area (Å²) in [6, 6.07) is 13.1. The monoisotopic (exact) mass is 436 g/mol. The highest BCUT2D eigenvalue weighted by molar-refractivity contribution is 7.98. The summed E-state index contributed by atoms with van der Waals surface area (Å²) in [4.78, 5) is 25.3. The predicted molar refractivity (Wildman–Crippen MR) is 118 cm³/mol. The quantitative estimate of drug-likeness (QED) is 0.523. The Balaban J connectivity index is 2.00. The smallest absolute Gasteiger partial charge is 0.253 e. The maximum absolute atomic E-state index is 12.8. The summed E-state index contributed by atoms with van der Waals surface area (Å²) in [6.07, 6.45) is 2.45. The first kappa shape index (κ1) is 23.1. The molecule has 0 fully saturated rings. The summed E-state index contributed by atoms with van der Waals surface area (Å²) >= 11 is 7.70. The van der Waals surface area contributed by atoms with Gasteiger partial charge in [-0.15, -0.1) is 0 Å². The van der Waals surface area contributed by atoms with Gasteiger partial charge in [-0.3, -0.25) is 9.59 Å². The summed E-state index contributed by atoms with van der Waals surface area (Å²) in [5.74, 6) is 0.755. The summed E-state index contributed by atoms with van der Waals surface area (Å²) in [5.41, 5.74) is 0.962. The Morgan fingerprint density at radius 3 is 2.48 bits per heavy atom. The highest BCUT2D eigenvalue weighted by Gasteiger charge is 2.22. The molecular weight excluding hydrogens is 412 g/mol. The van der Waals surface area contributed by atoms with Crippen LogP contribution in [0.3, 0.4) is 0 Å². The molecule has 2 aromatic carbocycles. The first-order valence-electron chi connectivity index (χ1n) is 9.12. The Hall–Kier alpha value is -2.22. The van der Waals surface area contributed by atoms with Crippen molar-refractivity contribution in [2.45, 2.75) is 12.5 Å². The average molecular weight is 437 g/mol. The van der Waals surface area contributed by atoms with Crippen LogP contribution in [0.5, 0.6) is 5.75 Å². The van der Waals surface area contributed by atoms with Gasteiger partial charge < -0.3 is 20.1 Å². The molecule has 2 N–H and O–H groups in total. The third-order valence-corrected chi connectivity index (χ3v) is 5.00. The van der Waals surface area contributed by atoms with Gasteiger partial charge in [0.1, 0.15) is 18.4 Å². The number of nitrogens with one attached hydrogen (secondary N) is 2. The van der Waals surface area contributed by atoms with Gasteiger partial charge in [-0.2, -0.15) is 11.8 Å². The molecule has 0 saturated carbocycles. The third-order valence-electron chi connectivity index (χ3n) is 4.03. The fourth-order valence-corrected chi connectivity index (χ4v) is 3.19. The lowest BCUT2D eigenvalue weighted by Crippen LogP contribution is -2.44. The zero-order valence-electron chi connectivity index (χ0n) is 16.4. The van der Waals surface area contributed by atoms with E-state index in [-0.39, 0.29) is 11.8 Å². The number of benzene rings is 2. The largest absolute Gasteiger partial charge is 0.491 e. The van der Waals surface area contributed by atoms with Gasteiger partial charge in [-0.25, -0.2) is 0 Å². The number of anilines is 1. The van der Waals surface area contributed by atoms with Crippen LogP contribution in [-0.2, 0) is 9.53 Å². The molecule has 0 aliphatic heterocycles. The van der Waals surface area contributed by atoms with Crippen molar-refractivity contribution in [2.24, 2.45) is 0 Å². The molecule has 0 bridgehead atoms. The number of hydrogen-bond acceptors (Lipinski definition) is 5. The number of hydrogen-bond donors (Lipinski definition) is 2. The molecule has 1 atom stereocenters. The molecule has 2 amide bonds. The van der Waals surface area contributed by atoms with Gasteiger partial charge in [0.25, 0.3) is 5.91 Å². The zero-order chi connectivity index (χ0) is 21.1. The van der Waals surface area contributed by atoms with Crippen molar-refractivity contribution >= 4 is 40.9 Å². The van der Waals surface area contributed by atoms with Crippen molar-refractivity contribution < 1.29 is 19.1 Å². The topological polar surface area (TPSA) is 76.7 Å². The highest BCUT2D eigenvalue weighted by atomic mass is 35.5. The average Bonchev–Trinajstić information content (AvgIpc) is 2.72. The maximum Gasteiger partial charge on any atom is 0.253 e. The normalized spacial score (nSPS) is 11.6. The van der Waals surface area contributed by atoms with Crippen LogP contribution in [0.4, 0.5) is 5.69 Å². The van der Waals surface area contributed by atoms with Crippen LogP contribution in [0, 0.1) is 0 Å². The lowest BCUT2D eigenvalue weighted by Gasteiger charge is -2.19. The van der Waals surface area contributed by atoms with E-state index in [2.05, 4.69) is 10.6 Å². The second-order valence-corrected chi connectivity index (χ2v) is 7.54. The van der Waals surface area contributed by atoms with Crippen LogP contribution in [0.15, 0.2) is 48.5 Å². The molecule has 2 aromatic rings. The van der Waals surface area contributed by atoms with Crippen LogP contribution in [-0.4, -0.2) is 50.2 Å². The Bertz CT molecular complexity index is 802. The van der Waals surface area contributed by atoms with Crippen molar-refractivity contribution in [2.75, 3.05) is 37.6 Å². The van der Waals surface area contributed by atoms with E-state index in [1.54, 1.807) is 67.4 Å². The van der Waals surface area contributed by atoms with E-state index in [4.69, 9.17) is 21.1 Å². The molecule has 1 unspecified atom stereocenters. The number of amides is 2. The minimum atomic E-state index is -0.677. The molecule has 0 spiro atoms. The van der Waals surface area contributed by atoms with E-state index in [0.717, 1.165) is 5.75 Å². The van der Waals surface area contributed by atoms with Crippen molar-refractivity contribution in [3.63, 3.8) is 0 Å². The number of carbonyl (C=O) groups is 2. The van der Waals surface area contributed by atoms with E-state index in [0.29, 0.717) is 41.7 Å². The van der Waals surface area contributed by atoms with E-state index in [1.807, 2.05) is 6.26 Å². The molecule has 156 valence electrons. The van der Waals surface area contributed by atoms with Gasteiger partial charge in [0.15, 0.2) is 0 Å². The van der Waals surface area contributed by atoms with Gasteiger partial charge in [-0.1, -0.05) is 23.7 Å². The van der Waals surface area contributed by atoms with Gasteiger partial charge in [0.2, 0.25) is 5.91 Å². The first-order valence-corrected chi connectivity index (χ1v) is 10.9. The molecule has 6 nitrogen and oxygen atoms in total. The highest BCUT2D eigenvalue weighted by Crippen LogP contribution is 2.18. The van der Waals surface area contributed by atoms with Crippen molar-refractivity contribution in [3.05, 3.63) is 59.1 Å². The van der Waals surface area contributed by atoms with Crippen molar-refractivity contribution in [1.82, 2.24) is 5.32 Å². The molecule has 2 rings (SSSR count). The number of thioether (sulfide) groups is 1. The molecule has 0 aromatic heterocycles. The Kier molecular flexibility index (Phi) is 9.83. The standard InChI is InChI=1S/C21H25ClN2O4S/c1-27-12-13-28-16-9-7-15(8-10-16)23-21(26)19(11-14-29-2)24-20(25)17-5-3-4-6-18(17)22/h3-10,19H,11-14H2,1-2H3,(H,23,26)(H,24,25). The summed E-state index contributed by atoms with van der Waals surface area (Å²) in [6.45, 7) is 0.952. The van der Waals surface area contributed by atoms with Crippen LogP contribution in [0.1, 0.15) is 16.8 Å². The Morgan fingerprint density at radius 2 is 1.83 bits per heavy atom. The molecular formula is C21H25ClN2O4S. The number of ether oxygens (including phenoxy) is 2. The fraction of sp³-hybridized carbons (Fsp3) is 0.333. The molecule has 0 aliphatic rings. The third kappa shape index (κ3) is 7.61. The van der Waals surface area contributed by atoms with E-state index >= 15 is 0 Å². The van der Waals surface area contributed by atoms with Crippen LogP contribution < -0.4 is 15.4 Å². The molecule has 29 heavy (non-hydrogen) atoms. The lowest BCUT2D eigenvalue weighted by atomic mass is 10.1. The van der Waals surface area contributed by atoms with Crippen molar-refractivity contribution in [1.29, 1.82) is 0 Å². The Morgan fingerprint density at radius 1 is 1.10 bits per heavy atom. The second kappa shape index (κ2) is 12.4. The van der Waals surface area contributed by atoms with E-state index < -0.39 is 6.04 Å². The van der Waals surface area contributed by atoms with Crippen LogP contribution in [0.25, 0.3) is 0 Å². The number of rotatable bonds is 11. The lowest BCUT2D eigenvalue weighted by molar-refractivity contribution is -0.118. The summed E-state index contributed by atoms with van der Waals surface area (Å²) < 4.78 is 10.5. The number of halogens is 1. The number of methoxy groups -OCH3 is 1. The van der Waals surface area contributed by atoms with Crippen LogP contribution >= 0.6 is 23.4 Å². The van der Waals surface area contributed by atoms with Gasteiger partial charge in [-0.05, 0) is 54.8 Å². The first-order chi connectivity index (χ1) is 14.0. The van der Waals surface area contributed by atoms with Gasteiger partial charge >= 0.3 is 0 Å². The second-order valence-electron chi connectivity index (χ2n) is 6.14. The van der Waals surface area contributed by atoms with Gasteiger partial charge in [0, 0.05) is 12.8 Å². The molecule has 0 heterocycles. The fourth-order valence-electron chi connectivity index (χ4n) is 2.49. The summed E-state index contributed by atoms with van der Waals surface area (Å²) in [5, 5.41) is 5.97. The maximum atomic E-state index is 12.8. The minimum Gasteiger partial charge on any atom is -0.491 e. The zero-order valence-corrected chi connectivity index (χ0v) is 18.0. The van der Waals surface area contributed by atoms with E-state index in [9.17, 15) is 9.59 Å². The molecule has 0 aliphatic carbocycles. The number of carbonyl (C=O) groups excluding carboxylic acids is 2. The van der Waals surface area contributed by atoms with Crippen molar-refractivity contribution in [3.8, 4) is 5.75 Å². The SMILES string of the molecule is COCCOc1ccc(NC(=O)C(CCSC)NC(=O)c2ccccc2Cl)cc1. The van der Waals surface area contributed by atoms with Crippen LogP contribution in [0.2, 0.25) is 5.02 Å². The molecule has 0 saturated heterocycles. The molecule has 0 radical (unpaired) electrons.